The molecule has 0 aliphatic heterocycles. The fourth-order valence-electron chi connectivity index (χ4n) is 1.83. The Morgan fingerprint density at radius 3 is 2.55 bits per heavy atom. The maximum Gasteiger partial charge on any atom is 0.281 e. The standard InChI is InChI=1S/C16H18N2OS/c1-12(2)11-14(13-7-4-3-5-8-13)17-18-16(19)15-9-6-10-20-15/h3-10,12H,11H2,1-2H3,(H,18,19)/b17-14-. The van der Waals surface area contributed by atoms with Crippen molar-refractivity contribution in [3.05, 3.63) is 58.3 Å². The molecule has 4 heteroatoms. The summed E-state index contributed by atoms with van der Waals surface area (Å²) >= 11 is 1.41. The molecule has 0 saturated heterocycles. The summed E-state index contributed by atoms with van der Waals surface area (Å²) in [5.74, 6) is 0.324. The van der Waals surface area contributed by atoms with Crippen LogP contribution in [0.2, 0.25) is 0 Å². The lowest BCUT2D eigenvalue weighted by atomic mass is 10.0. The molecule has 0 spiro atoms. The van der Waals surface area contributed by atoms with Crippen LogP contribution < -0.4 is 5.43 Å². The number of carbonyl (C=O) groups is 1. The Morgan fingerprint density at radius 2 is 1.95 bits per heavy atom. The van der Waals surface area contributed by atoms with Crippen LogP contribution in [0.3, 0.4) is 0 Å². The molecule has 0 aliphatic carbocycles. The Bertz CT molecular complexity index is 574. The van der Waals surface area contributed by atoms with Gasteiger partial charge in [-0.1, -0.05) is 50.2 Å². The topological polar surface area (TPSA) is 41.5 Å². The van der Waals surface area contributed by atoms with Gasteiger partial charge in [-0.3, -0.25) is 4.79 Å². The first kappa shape index (κ1) is 14.5. The van der Waals surface area contributed by atoms with E-state index in [4.69, 9.17) is 0 Å². The first-order valence-electron chi connectivity index (χ1n) is 6.62. The number of thiophene rings is 1. The average molecular weight is 286 g/mol. The van der Waals surface area contributed by atoms with Gasteiger partial charge in [0.25, 0.3) is 5.91 Å². The van der Waals surface area contributed by atoms with Crippen molar-refractivity contribution in [1.29, 1.82) is 0 Å². The second-order valence-electron chi connectivity index (χ2n) is 4.94. The highest BCUT2D eigenvalue weighted by Crippen LogP contribution is 2.11. The minimum Gasteiger partial charge on any atom is -0.266 e. The normalized spacial score (nSPS) is 11.7. The van der Waals surface area contributed by atoms with E-state index in [1.54, 1.807) is 6.07 Å². The van der Waals surface area contributed by atoms with E-state index < -0.39 is 0 Å². The van der Waals surface area contributed by atoms with Crippen LogP contribution in [0.1, 0.15) is 35.5 Å². The van der Waals surface area contributed by atoms with E-state index in [-0.39, 0.29) is 5.91 Å². The highest BCUT2D eigenvalue weighted by Gasteiger charge is 2.09. The van der Waals surface area contributed by atoms with Gasteiger partial charge >= 0.3 is 0 Å². The summed E-state index contributed by atoms with van der Waals surface area (Å²) in [4.78, 5) is 12.6. The van der Waals surface area contributed by atoms with Gasteiger partial charge in [0, 0.05) is 0 Å². The third-order valence-electron chi connectivity index (χ3n) is 2.75. The number of hydrogen-bond donors (Lipinski definition) is 1. The number of carbonyl (C=O) groups excluding carboxylic acids is 1. The Kier molecular flexibility index (Phi) is 5.07. The van der Waals surface area contributed by atoms with Crippen molar-refractivity contribution in [3.8, 4) is 0 Å². The zero-order valence-electron chi connectivity index (χ0n) is 11.7. The van der Waals surface area contributed by atoms with Gasteiger partial charge in [-0.25, -0.2) is 5.43 Å². The number of hydrazone groups is 1. The highest BCUT2D eigenvalue weighted by molar-refractivity contribution is 7.12. The van der Waals surface area contributed by atoms with Gasteiger partial charge in [-0.15, -0.1) is 11.3 Å². The summed E-state index contributed by atoms with van der Waals surface area (Å²) in [5, 5.41) is 6.19. The lowest BCUT2D eigenvalue weighted by Crippen LogP contribution is -2.19. The van der Waals surface area contributed by atoms with E-state index >= 15 is 0 Å². The number of hydrogen-bond acceptors (Lipinski definition) is 3. The number of nitrogens with zero attached hydrogens (tertiary/aromatic N) is 1. The second-order valence-corrected chi connectivity index (χ2v) is 5.89. The van der Waals surface area contributed by atoms with Gasteiger partial charge in [-0.2, -0.15) is 5.10 Å². The molecular formula is C16H18N2OS. The Labute approximate surface area is 123 Å². The maximum absolute atomic E-state index is 11.9. The van der Waals surface area contributed by atoms with Crippen LogP contribution in [0.15, 0.2) is 52.9 Å². The van der Waals surface area contributed by atoms with Gasteiger partial charge in [-0.05, 0) is 29.3 Å². The van der Waals surface area contributed by atoms with E-state index in [9.17, 15) is 4.79 Å². The number of rotatable bonds is 5. The molecule has 0 fully saturated rings. The summed E-state index contributed by atoms with van der Waals surface area (Å²) in [6.45, 7) is 4.28. The minimum absolute atomic E-state index is 0.155. The molecule has 2 rings (SSSR count). The molecule has 0 saturated carbocycles. The molecule has 0 atom stereocenters. The summed E-state index contributed by atoms with van der Waals surface area (Å²) < 4.78 is 0. The molecule has 0 unspecified atom stereocenters. The molecule has 104 valence electrons. The van der Waals surface area contributed by atoms with Crippen molar-refractivity contribution in [2.24, 2.45) is 11.0 Å². The van der Waals surface area contributed by atoms with Gasteiger partial charge in [0.1, 0.15) is 0 Å². The summed E-state index contributed by atoms with van der Waals surface area (Å²) in [5.41, 5.74) is 4.61. The summed E-state index contributed by atoms with van der Waals surface area (Å²) in [7, 11) is 0. The number of amides is 1. The van der Waals surface area contributed by atoms with Crippen molar-refractivity contribution >= 4 is 23.0 Å². The van der Waals surface area contributed by atoms with Crippen LogP contribution in [0.5, 0.6) is 0 Å². The fraction of sp³-hybridized carbons (Fsp3) is 0.250. The van der Waals surface area contributed by atoms with E-state index in [2.05, 4.69) is 24.4 Å². The fourth-order valence-corrected chi connectivity index (χ4v) is 2.44. The monoisotopic (exact) mass is 286 g/mol. The molecule has 20 heavy (non-hydrogen) atoms. The molecule has 1 amide bonds. The van der Waals surface area contributed by atoms with Crippen molar-refractivity contribution < 1.29 is 4.79 Å². The van der Waals surface area contributed by atoms with Crippen LogP contribution in [-0.4, -0.2) is 11.6 Å². The molecule has 3 nitrogen and oxygen atoms in total. The predicted molar refractivity (Wildman–Crippen MR) is 84.2 cm³/mol. The highest BCUT2D eigenvalue weighted by atomic mass is 32.1. The van der Waals surface area contributed by atoms with Crippen molar-refractivity contribution in [3.63, 3.8) is 0 Å². The molecule has 0 aliphatic rings. The van der Waals surface area contributed by atoms with Gasteiger partial charge in [0.2, 0.25) is 0 Å². The average Bonchev–Trinajstić information content (AvgIpc) is 2.98. The summed E-state index contributed by atoms with van der Waals surface area (Å²) in [6.07, 6.45) is 0.828. The lowest BCUT2D eigenvalue weighted by molar-refractivity contribution is 0.0959. The zero-order chi connectivity index (χ0) is 14.4. The Morgan fingerprint density at radius 1 is 1.20 bits per heavy atom. The van der Waals surface area contributed by atoms with Gasteiger partial charge in [0.05, 0.1) is 10.6 Å². The largest absolute Gasteiger partial charge is 0.281 e. The van der Waals surface area contributed by atoms with E-state index in [0.29, 0.717) is 10.8 Å². The Hall–Kier alpha value is -1.94. The first-order chi connectivity index (χ1) is 9.66. The van der Waals surface area contributed by atoms with Crippen LogP contribution in [0, 0.1) is 5.92 Å². The van der Waals surface area contributed by atoms with E-state index in [1.807, 2.05) is 41.8 Å². The minimum atomic E-state index is -0.155. The maximum atomic E-state index is 11.9. The van der Waals surface area contributed by atoms with Gasteiger partial charge < -0.3 is 0 Å². The van der Waals surface area contributed by atoms with Crippen molar-refractivity contribution in [1.82, 2.24) is 5.43 Å². The molecular weight excluding hydrogens is 268 g/mol. The second kappa shape index (κ2) is 7.01. The molecule has 1 heterocycles. The predicted octanol–water partition coefficient (Wildman–Crippen LogP) is 3.93. The zero-order valence-corrected chi connectivity index (χ0v) is 12.5. The molecule has 1 N–H and O–H groups in total. The third-order valence-corrected chi connectivity index (χ3v) is 3.61. The number of benzene rings is 1. The van der Waals surface area contributed by atoms with Gasteiger partial charge in [0.15, 0.2) is 0 Å². The molecule has 0 radical (unpaired) electrons. The molecule has 1 aromatic carbocycles. The lowest BCUT2D eigenvalue weighted by Gasteiger charge is -2.09. The van der Waals surface area contributed by atoms with Crippen molar-refractivity contribution in [2.75, 3.05) is 0 Å². The van der Waals surface area contributed by atoms with Crippen molar-refractivity contribution in [2.45, 2.75) is 20.3 Å². The van der Waals surface area contributed by atoms with Crippen LogP contribution in [0.4, 0.5) is 0 Å². The Balaban J connectivity index is 2.14. The number of nitrogens with one attached hydrogen (secondary N) is 1. The molecule has 1 aromatic heterocycles. The quantitative estimate of drug-likeness (QED) is 0.656. The molecule has 2 aromatic rings. The van der Waals surface area contributed by atoms with Crippen LogP contribution >= 0.6 is 11.3 Å². The smallest absolute Gasteiger partial charge is 0.266 e. The SMILES string of the molecule is CC(C)C/C(=N/NC(=O)c1cccs1)c1ccccc1. The van der Waals surface area contributed by atoms with Crippen LogP contribution in [-0.2, 0) is 0 Å². The van der Waals surface area contributed by atoms with E-state index in [1.165, 1.54) is 11.3 Å². The molecule has 0 bridgehead atoms. The van der Waals surface area contributed by atoms with E-state index in [0.717, 1.165) is 17.7 Å². The summed E-state index contributed by atoms with van der Waals surface area (Å²) in [6, 6.07) is 13.6. The first-order valence-corrected chi connectivity index (χ1v) is 7.50. The van der Waals surface area contributed by atoms with Crippen LogP contribution in [0.25, 0.3) is 0 Å². The third kappa shape index (κ3) is 4.03.